The van der Waals surface area contributed by atoms with Crippen LogP contribution >= 0.6 is 0 Å². The summed E-state index contributed by atoms with van der Waals surface area (Å²) in [6, 6.07) is 8.92. The number of benzene rings is 1. The van der Waals surface area contributed by atoms with Crippen LogP contribution in [0.1, 0.15) is 20.7 Å². The molecule has 1 aliphatic heterocycles. The van der Waals surface area contributed by atoms with Crippen LogP contribution in [0.3, 0.4) is 0 Å². The molecule has 0 radical (unpaired) electrons. The van der Waals surface area contributed by atoms with Crippen molar-refractivity contribution in [3.63, 3.8) is 0 Å². The molecule has 0 spiro atoms. The van der Waals surface area contributed by atoms with E-state index in [1.807, 2.05) is 24.4 Å². The maximum absolute atomic E-state index is 12.7. The van der Waals surface area contributed by atoms with Crippen LogP contribution in [0.15, 0.2) is 48.9 Å². The second-order valence-electron chi connectivity index (χ2n) is 6.63. The van der Waals surface area contributed by atoms with E-state index in [4.69, 9.17) is 4.74 Å². The zero-order chi connectivity index (χ0) is 20.4. The van der Waals surface area contributed by atoms with Gasteiger partial charge >= 0.3 is 0 Å². The predicted octanol–water partition coefficient (Wildman–Crippen LogP) is 1.85. The van der Waals surface area contributed by atoms with Crippen molar-refractivity contribution in [1.82, 2.24) is 19.7 Å². The molecule has 1 aromatic carbocycles. The summed E-state index contributed by atoms with van der Waals surface area (Å²) < 4.78 is 6.66. The lowest BCUT2D eigenvalue weighted by Crippen LogP contribution is -2.32. The minimum absolute atomic E-state index is 0.0391. The van der Waals surface area contributed by atoms with E-state index >= 15 is 0 Å². The summed E-state index contributed by atoms with van der Waals surface area (Å²) in [5.74, 6) is -0.629. The molecule has 4 rings (SSSR count). The average molecular weight is 392 g/mol. The van der Waals surface area contributed by atoms with Crippen molar-refractivity contribution in [3.8, 4) is 22.4 Å². The first-order valence-electron chi connectivity index (χ1n) is 9.22. The lowest BCUT2D eigenvalue weighted by atomic mass is 9.98. The third-order valence-electron chi connectivity index (χ3n) is 4.85. The highest BCUT2D eigenvalue weighted by molar-refractivity contribution is 6.21. The summed E-state index contributed by atoms with van der Waals surface area (Å²) >= 11 is 0. The molecule has 1 N–H and O–H groups in total. The van der Waals surface area contributed by atoms with Crippen molar-refractivity contribution in [1.29, 1.82) is 0 Å². The monoisotopic (exact) mass is 392 g/mol. The number of aliphatic hydroxyl groups excluding tert-OH is 1. The van der Waals surface area contributed by atoms with Crippen LogP contribution in [0.5, 0.6) is 0 Å². The van der Waals surface area contributed by atoms with E-state index in [0.29, 0.717) is 30.0 Å². The number of hydrogen-bond donors (Lipinski definition) is 1. The van der Waals surface area contributed by atoms with Crippen molar-refractivity contribution < 1.29 is 19.4 Å². The van der Waals surface area contributed by atoms with Gasteiger partial charge in [-0.05, 0) is 29.8 Å². The maximum atomic E-state index is 12.7. The van der Waals surface area contributed by atoms with Gasteiger partial charge in [0.05, 0.1) is 37.4 Å². The van der Waals surface area contributed by atoms with Crippen molar-refractivity contribution in [2.75, 3.05) is 26.9 Å². The van der Waals surface area contributed by atoms with Gasteiger partial charge in [-0.2, -0.15) is 5.10 Å². The molecule has 0 saturated heterocycles. The molecule has 0 fully saturated rings. The average Bonchev–Trinajstić information content (AvgIpc) is 3.27. The molecule has 8 heteroatoms. The SMILES string of the molecule is COCCN1C(=O)c2ccc(-c3cn(CCO)nc3-c3ccncc3)cc2C1=O. The van der Waals surface area contributed by atoms with Gasteiger partial charge in [0.15, 0.2) is 0 Å². The largest absolute Gasteiger partial charge is 0.394 e. The Bertz CT molecular complexity index is 1060. The summed E-state index contributed by atoms with van der Waals surface area (Å²) in [4.78, 5) is 30.5. The molecule has 0 unspecified atom stereocenters. The number of amides is 2. The van der Waals surface area contributed by atoms with Crippen LogP contribution in [0.25, 0.3) is 22.4 Å². The van der Waals surface area contributed by atoms with E-state index in [-0.39, 0.29) is 25.0 Å². The van der Waals surface area contributed by atoms with Gasteiger partial charge in [-0.25, -0.2) is 0 Å². The number of hydrogen-bond acceptors (Lipinski definition) is 6. The van der Waals surface area contributed by atoms with Crippen molar-refractivity contribution in [2.45, 2.75) is 6.54 Å². The Kier molecular flexibility index (Phi) is 5.20. The summed E-state index contributed by atoms with van der Waals surface area (Å²) in [6.45, 7) is 0.821. The first-order valence-corrected chi connectivity index (χ1v) is 9.22. The quantitative estimate of drug-likeness (QED) is 0.616. The Hall–Kier alpha value is -3.36. The Labute approximate surface area is 167 Å². The van der Waals surface area contributed by atoms with Gasteiger partial charge in [0.2, 0.25) is 0 Å². The molecular formula is C21H20N4O4. The number of carbonyl (C=O) groups is 2. The van der Waals surface area contributed by atoms with Crippen LogP contribution in [0.2, 0.25) is 0 Å². The predicted molar refractivity (Wildman–Crippen MR) is 105 cm³/mol. The van der Waals surface area contributed by atoms with Gasteiger partial charge in [0.25, 0.3) is 11.8 Å². The molecule has 1 aliphatic rings. The number of carbonyl (C=O) groups excluding carboxylic acids is 2. The smallest absolute Gasteiger partial charge is 0.261 e. The first kappa shape index (κ1) is 19.0. The molecule has 29 heavy (non-hydrogen) atoms. The zero-order valence-corrected chi connectivity index (χ0v) is 15.9. The maximum Gasteiger partial charge on any atom is 0.261 e. The number of imide groups is 1. The number of ether oxygens (including phenoxy) is 1. The van der Waals surface area contributed by atoms with Crippen molar-refractivity contribution in [2.24, 2.45) is 0 Å². The van der Waals surface area contributed by atoms with E-state index in [1.54, 1.807) is 29.2 Å². The fraction of sp³-hybridized carbons (Fsp3) is 0.238. The highest BCUT2D eigenvalue weighted by Gasteiger charge is 2.35. The topological polar surface area (TPSA) is 97.6 Å². The van der Waals surface area contributed by atoms with Crippen LogP contribution in [-0.4, -0.2) is 63.5 Å². The van der Waals surface area contributed by atoms with Gasteiger partial charge in [0.1, 0.15) is 5.69 Å². The fourth-order valence-corrected chi connectivity index (χ4v) is 3.42. The Morgan fingerprint density at radius 2 is 1.72 bits per heavy atom. The third kappa shape index (κ3) is 3.43. The number of nitrogens with zero attached hydrogens (tertiary/aromatic N) is 4. The Morgan fingerprint density at radius 1 is 0.966 bits per heavy atom. The lowest BCUT2D eigenvalue weighted by Gasteiger charge is -2.12. The Morgan fingerprint density at radius 3 is 2.45 bits per heavy atom. The summed E-state index contributed by atoms with van der Waals surface area (Å²) in [6.07, 6.45) is 5.20. The van der Waals surface area contributed by atoms with Crippen LogP contribution in [0.4, 0.5) is 0 Å². The van der Waals surface area contributed by atoms with E-state index in [0.717, 1.165) is 16.7 Å². The van der Waals surface area contributed by atoms with Crippen LogP contribution in [0, 0.1) is 0 Å². The van der Waals surface area contributed by atoms with E-state index in [2.05, 4.69) is 10.1 Å². The minimum Gasteiger partial charge on any atom is -0.394 e. The molecule has 2 amide bonds. The first-order chi connectivity index (χ1) is 14.1. The minimum atomic E-state index is -0.322. The van der Waals surface area contributed by atoms with Crippen molar-refractivity contribution in [3.05, 3.63) is 60.0 Å². The van der Waals surface area contributed by atoms with Gasteiger partial charge in [-0.15, -0.1) is 0 Å². The second kappa shape index (κ2) is 7.94. The number of aromatic nitrogens is 3. The molecule has 0 saturated carbocycles. The van der Waals surface area contributed by atoms with Crippen LogP contribution in [-0.2, 0) is 11.3 Å². The van der Waals surface area contributed by atoms with E-state index in [9.17, 15) is 14.7 Å². The summed E-state index contributed by atoms with van der Waals surface area (Å²) in [7, 11) is 1.53. The summed E-state index contributed by atoms with van der Waals surface area (Å²) in [5, 5.41) is 13.9. The summed E-state index contributed by atoms with van der Waals surface area (Å²) in [5.41, 5.74) is 3.94. The van der Waals surface area contributed by atoms with Crippen LogP contribution < -0.4 is 0 Å². The molecule has 2 aromatic heterocycles. The van der Waals surface area contributed by atoms with E-state index in [1.165, 1.54) is 12.0 Å². The molecule has 0 bridgehead atoms. The molecule has 148 valence electrons. The standard InChI is InChI=1S/C21H20N4O4/c1-29-11-9-25-20(27)16-3-2-15(12-17(16)21(25)28)18-13-24(8-10-26)23-19(18)14-4-6-22-7-5-14/h2-7,12-13,26H,8-11H2,1H3. The second-order valence-corrected chi connectivity index (χ2v) is 6.63. The fourth-order valence-electron chi connectivity index (χ4n) is 3.42. The molecule has 3 aromatic rings. The van der Waals surface area contributed by atoms with Gasteiger partial charge < -0.3 is 9.84 Å². The highest BCUT2D eigenvalue weighted by atomic mass is 16.5. The lowest BCUT2D eigenvalue weighted by molar-refractivity contribution is 0.0603. The van der Waals surface area contributed by atoms with Gasteiger partial charge in [-0.3, -0.25) is 24.2 Å². The highest BCUT2D eigenvalue weighted by Crippen LogP contribution is 2.34. The number of fused-ring (bicyclic) bond motifs is 1. The molecule has 0 atom stereocenters. The molecular weight excluding hydrogens is 372 g/mol. The molecule has 3 heterocycles. The Balaban J connectivity index is 1.77. The number of aliphatic hydroxyl groups is 1. The number of rotatable bonds is 7. The molecule has 0 aliphatic carbocycles. The normalized spacial score (nSPS) is 13.2. The third-order valence-corrected chi connectivity index (χ3v) is 4.85. The number of pyridine rings is 1. The van der Waals surface area contributed by atoms with Gasteiger partial charge in [-0.1, -0.05) is 6.07 Å². The zero-order valence-electron chi connectivity index (χ0n) is 15.9. The molecule has 8 nitrogen and oxygen atoms in total. The number of methoxy groups -OCH3 is 1. The van der Waals surface area contributed by atoms with Gasteiger partial charge in [0, 0.05) is 36.8 Å². The van der Waals surface area contributed by atoms with E-state index < -0.39 is 0 Å². The van der Waals surface area contributed by atoms with Crippen molar-refractivity contribution >= 4 is 11.8 Å².